The van der Waals surface area contributed by atoms with Crippen molar-refractivity contribution < 1.29 is 0 Å². The van der Waals surface area contributed by atoms with Gasteiger partial charge in [0.1, 0.15) is 0 Å². The number of allylic oxidation sites excluding steroid dienone is 8. The van der Waals surface area contributed by atoms with Crippen LogP contribution in [0.25, 0.3) is 49.7 Å². The first-order valence-corrected chi connectivity index (χ1v) is 38.4. The number of fused-ring (bicyclic) bond motifs is 8. The first-order chi connectivity index (χ1) is 50.3. The highest BCUT2D eigenvalue weighted by atomic mass is 15.3. The quantitative estimate of drug-likeness (QED) is 0.149. The number of hydrogen-bond donors (Lipinski definition) is 0. The molecule has 1 aromatic carbocycles. The molecule has 0 aliphatic heterocycles. The zero-order valence-corrected chi connectivity index (χ0v) is 70.5. The Kier molecular flexibility index (Phi) is 44.3. The molecule has 0 unspecified atom stereocenters. The van der Waals surface area contributed by atoms with Crippen molar-refractivity contribution in [1.82, 2.24) is 52.9 Å². The minimum Gasteiger partial charge on any atom is -0.323 e. The summed E-state index contributed by atoms with van der Waals surface area (Å²) in [5.41, 5.74) is 35.6. The molecule has 560 valence electrons. The van der Waals surface area contributed by atoms with Crippen LogP contribution in [-0.4, -0.2) is 52.9 Å². The Bertz CT molecular complexity index is 4010. The van der Waals surface area contributed by atoms with Crippen LogP contribution in [0.2, 0.25) is 0 Å². The van der Waals surface area contributed by atoms with E-state index in [0.29, 0.717) is 0 Å². The second-order valence-corrected chi connectivity index (χ2v) is 23.5. The van der Waals surface area contributed by atoms with E-state index in [9.17, 15) is 0 Å². The SMILES string of the molecule is CC.CC.CC.CC.CC.CC.CC.CC.CC1=CCc2cccc(C)c21.CC1=CCc2ccnc(C)c21.CC1=CCc2cncc(C)c21.CC1=CCc2nccc(C)c21.Cc1cccn2ccc(C)c12.Cc1ccn2ccnc(C)c12.Cc1ccn2cncc(C)c12.Cc1nccc2cnn(C)c12. The molecule has 11 nitrogen and oxygen atoms in total. The van der Waals surface area contributed by atoms with E-state index >= 15 is 0 Å². The van der Waals surface area contributed by atoms with Crippen LogP contribution in [-0.2, 0) is 32.7 Å². The summed E-state index contributed by atoms with van der Waals surface area (Å²) in [5.74, 6) is 0. The Morgan fingerprint density at radius 3 is 1.26 bits per heavy atom. The third-order valence-electron chi connectivity index (χ3n) is 16.9. The van der Waals surface area contributed by atoms with Gasteiger partial charge in [-0.25, -0.2) is 4.98 Å². The van der Waals surface area contributed by atoms with Gasteiger partial charge in [0.05, 0.1) is 51.7 Å². The number of benzene rings is 1. The molecule has 0 fully saturated rings. The molecule has 11 aromatic heterocycles. The molecule has 0 atom stereocenters. The molecule has 4 aliphatic carbocycles. The fourth-order valence-electron chi connectivity index (χ4n) is 12.6. The fourth-order valence-corrected chi connectivity index (χ4v) is 12.6. The number of aryl methyl sites for hydroxylation is 12. The van der Waals surface area contributed by atoms with E-state index in [1.54, 1.807) is 6.20 Å². The monoisotopic (exact) mass is 1400 g/mol. The predicted octanol–water partition coefficient (Wildman–Crippen LogP) is 25.9. The van der Waals surface area contributed by atoms with Crippen molar-refractivity contribution in [2.24, 2.45) is 7.05 Å². The maximum absolute atomic E-state index is 4.32. The van der Waals surface area contributed by atoms with Gasteiger partial charge in [-0.1, -0.05) is 159 Å². The van der Waals surface area contributed by atoms with Gasteiger partial charge in [-0.05, 0) is 260 Å². The highest BCUT2D eigenvalue weighted by molar-refractivity contribution is 5.80. The predicted molar refractivity (Wildman–Crippen MR) is 458 cm³/mol. The molecule has 0 saturated carbocycles. The van der Waals surface area contributed by atoms with Crippen LogP contribution in [0.3, 0.4) is 0 Å². The Balaban J connectivity index is 0.000000578. The lowest BCUT2D eigenvalue weighted by atomic mass is 10.0. The maximum atomic E-state index is 4.32. The Morgan fingerprint density at radius 2 is 0.721 bits per heavy atom. The van der Waals surface area contributed by atoms with Crippen molar-refractivity contribution in [1.29, 1.82) is 0 Å². The van der Waals surface area contributed by atoms with E-state index in [1.807, 2.05) is 209 Å². The molecule has 0 saturated heterocycles. The molecule has 0 bridgehead atoms. The first kappa shape index (κ1) is 92.4. The molecular weight excluding hydrogens is 1270 g/mol. The molecule has 12 aromatic rings. The van der Waals surface area contributed by atoms with Gasteiger partial charge >= 0.3 is 0 Å². The lowest BCUT2D eigenvalue weighted by Crippen LogP contribution is -1.92. The Hall–Kier alpha value is -9.61. The standard InChI is InChI=1S/C11H12.4C10H11N.2C9H10N2.C8H9N3.8C2H6/c1-8-4-3-5-10-7-6-9(2)11(8)10;1-7-3-4-9-6-11-5-8(2)10(7)9;1-7-3-4-9-5-6-11-8(2)10(7)9;1-7-3-4-9-10(7)8(2)5-6-11-9;1-8-4-3-6-11-7-5-9(2)10(8)11;1-7-3-5-11-6-4-10-8(2)9(7)11;1-7-3-4-11-6-10-5-8(2)9(7)11;1-6-8-7(3-4-9-6)5-10-11(8)2;8*1-2/h3-6H,7H2,1-2H3;3*3,5-6H,4H2,1-2H3;3-7H,1-2H3;2*3-6H,1-2H3;3-5H,1-2H3;8*1-2H3. The molecule has 0 N–H and O–H groups in total. The van der Waals surface area contributed by atoms with Gasteiger partial charge in [0.2, 0.25) is 0 Å². The highest BCUT2D eigenvalue weighted by Crippen LogP contribution is 2.32. The minimum absolute atomic E-state index is 1.02. The van der Waals surface area contributed by atoms with Gasteiger partial charge in [0.15, 0.2) is 0 Å². The normalized spacial score (nSPS) is 11.2. The molecule has 11 heterocycles. The van der Waals surface area contributed by atoms with E-state index in [4.69, 9.17) is 0 Å². The summed E-state index contributed by atoms with van der Waals surface area (Å²) in [4.78, 5) is 25.2. The largest absolute Gasteiger partial charge is 0.323 e. The van der Waals surface area contributed by atoms with Gasteiger partial charge < -0.3 is 13.2 Å². The van der Waals surface area contributed by atoms with Crippen molar-refractivity contribution in [3.63, 3.8) is 0 Å². The molecule has 16 rings (SSSR count). The smallest absolute Gasteiger partial charge is 0.0990 e. The van der Waals surface area contributed by atoms with Gasteiger partial charge in [-0.3, -0.25) is 29.6 Å². The van der Waals surface area contributed by atoms with E-state index in [-0.39, 0.29) is 0 Å². The maximum Gasteiger partial charge on any atom is 0.0990 e. The number of aromatic nitrogens is 11. The summed E-state index contributed by atoms with van der Waals surface area (Å²) in [5, 5.41) is 5.29. The second kappa shape index (κ2) is 49.9. The summed E-state index contributed by atoms with van der Waals surface area (Å²) in [7, 11) is 1.93. The summed E-state index contributed by atoms with van der Waals surface area (Å²) in [6, 6.07) is 23.2. The zero-order chi connectivity index (χ0) is 78.8. The molecule has 0 spiro atoms. The lowest BCUT2D eigenvalue weighted by molar-refractivity contribution is 0.792. The molecule has 4 aliphatic rings. The van der Waals surface area contributed by atoms with Gasteiger partial charge in [-0.2, -0.15) is 5.10 Å². The number of pyridine rings is 5. The van der Waals surface area contributed by atoms with Crippen LogP contribution >= 0.6 is 0 Å². The average molecular weight is 1410 g/mol. The van der Waals surface area contributed by atoms with Crippen molar-refractivity contribution in [3.05, 3.63) is 284 Å². The number of hydrogen-bond acceptors (Lipinski definition) is 7. The van der Waals surface area contributed by atoms with Gasteiger partial charge in [0.25, 0.3) is 0 Å². The van der Waals surface area contributed by atoms with Crippen LogP contribution in [0.1, 0.15) is 245 Å². The Morgan fingerprint density at radius 1 is 0.288 bits per heavy atom. The summed E-state index contributed by atoms with van der Waals surface area (Å²) >= 11 is 0. The molecular formula is C93H133N11. The minimum atomic E-state index is 1.02. The number of nitrogens with zero attached hydrogens (tertiary/aromatic N) is 11. The molecule has 104 heavy (non-hydrogen) atoms. The van der Waals surface area contributed by atoms with Gasteiger partial charge in [0, 0.05) is 110 Å². The molecule has 0 amide bonds. The van der Waals surface area contributed by atoms with Crippen molar-refractivity contribution in [2.75, 3.05) is 0 Å². The van der Waals surface area contributed by atoms with Crippen molar-refractivity contribution in [3.8, 4) is 0 Å². The van der Waals surface area contributed by atoms with E-state index in [0.717, 1.165) is 53.7 Å². The number of rotatable bonds is 0. The first-order valence-electron chi connectivity index (χ1n) is 38.4. The van der Waals surface area contributed by atoms with Crippen LogP contribution in [0.15, 0.2) is 178 Å². The highest BCUT2D eigenvalue weighted by Gasteiger charge is 2.16. The fraction of sp³-hybridized carbons (Fsp3) is 0.387. The summed E-state index contributed by atoms with van der Waals surface area (Å²) < 4.78 is 8.14. The molecule has 0 radical (unpaired) electrons. The Labute approximate surface area is 630 Å². The van der Waals surface area contributed by atoms with Crippen molar-refractivity contribution in [2.45, 2.75) is 240 Å². The van der Waals surface area contributed by atoms with Crippen molar-refractivity contribution >= 4 is 49.7 Å². The average Bonchev–Trinajstić information content (AvgIpc) is 1.77. The zero-order valence-electron chi connectivity index (χ0n) is 70.5. The summed E-state index contributed by atoms with van der Waals surface area (Å²) in [6.45, 7) is 63.8. The summed E-state index contributed by atoms with van der Waals surface area (Å²) in [6.07, 6.45) is 40.5. The van der Waals surface area contributed by atoms with Crippen LogP contribution in [0.4, 0.5) is 0 Å². The topological polar surface area (TPSA) is 108 Å². The van der Waals surface area contributed by atoms with Gasteiger partial charge in [-0.15, -0.1) is 0 Å². The second-order valence-electron chi connectivity index (χ2n) is 23.5. The lowest BCUT2D eigenvalue weighted by Gasteiger charge is -2.04. The van der Waals surface area contributed by atoms with E-state index in [2.05, 4.69) is 237 Å². The van der Waals surface area contributed by atoms with Crippen LogP contribution in [0, 0.1) is 76.2 Å². The van der Waals surface area contributed by atoms with Crippen LogP contribution in [0.5, 0.6) is 0 Å². The molecule has 11 heteroatoms. The van der Waals surface area contributed by atoms with E-state index in [1.165, 1.54) is 128 Å². The van der Waals surface area contributed by atoms with Crippen LogP contribution < -0.4 is 0 Å². The third-order valence-corrected chi connectivity index (χ3v) is 16.9. The van der Waals surface area contributed by atoms with E-state index < -0.39 is 0 Å². The third kappa shape index (κ3) is 25.4.